The molecular formula is C10H12N2O3S. The van der Waals surface area contributed by atoms with E-state index in [-0.39, 0.29) is 17.5 Å². The molecule has 1 fully saturated rings. The molecular weight excluding hydrogens is 228 g/mol. The number of rotatable bonds is 3. The number of aromatic hydroxyl groups is 1. The molecule has 2 N–H and O–H groups in total. The number of phenols is 1. The summed E-state index contributed by atoms with van der Waals surface area (Å²) in [5, 5.41) is 23.2. The van der Waals surface area contributed by atoms with Gasteiger partial charge in [-0.15, -0.1) is 0 Å². The highest BCUT2D eigenvalue weighted by molar-refractivity contribution is 7.99. The summed E-state index contributed by atoms with van der Waals surface area (Å²) >= 11 is 1.84. The Kier molecular flexibility index (Phi) is 3.19. The molecule has 1 aliphatic heterocycles. The van der Waals surface area contributed by atoms with Gasteiger partial charge in [-0.1, -0.05) is 0 Å². The number of nitro groups is 1. The fourth-order valence-electron chi connectivity index (χ4n) is 1.66. The number of nitrogens with one attached hydrogen (secondary N) is 1. The third-order valence-corrected chi connectivity index (χ3v) is 3.63. The fraction of sp³-hybridized carbons (Fsp3) is 0.400. The summed E-state index contributed by atoms with van der Waals surface area (Å²) in [4.78, 5) is 10.3. The molecule has 0 bridgehead atoms. The monoisotopic (exact) mass is 240 g/mol. The molecule has 0 radical (unpaired) electrons. The third-order valence-electron chi connectivity index (χ3n) is 2.47. The Labute approximate surface area is 97.0 Å². The van der Waals surface area contributed by atoms with Gasteiger partial charge in [0, 0.05) is 11.8 Å². The molecule has 16 heavy (non-hydrogen) atoms. The van der Waals surface area contributed by atoms with Crippen LogP contribution in [0.4, 0.5) is 11.4 Å². The number of nitrogens with zero attached hydrogens (tertiary/aromatic N) is 1. The maximum absolute atomic E-state index is 10.8. The largest absolute Gasteiger partial charge is 0.508 e. The summed E-state index contributed by atoms with van der Waals surface area (Å²) in [6.07, 6.45) is 1.02. The second kappa shape index (κ2) is 4.61. The summed E-state index contributed by atoms with van der Waals surface area (Å²) < 4.78 is 0. The molecule has 1 saturated heterocycles. The van der Waals surface area contributed by atoms with Crippen molar-refractivity contribution >= 4 is 23.1 Å². The maximum Gasteiger partial charge on any atom is 0.296 e. The molecule has 1 aromatic carbocycles. The highest BCUT2D eigenvalue weighted by atomic mass is 32.2. The molecule has 0 saturated carbocycles. The van der Waals surface area contributed by atoms with Crippen LogP contribution in [-0.2, 0) is 0 Å². The van der Waals surface area contributed by atoms with Gasteiger partial charge < -0.3 is 10.4 Å². The van der Waals surface area contributed by atoms with E-state index in [1.165, 1.54) is 12.1 Å². The number of nitro benzene ring substituents is 1. The predicted octanol–water partition coefficient (Wildman–Crippen LogP) is 2.22. The Hall–Kier alpha value is -1.43. The van der Waals surface area contributed by atoms with Gasteiger partial charge in [0.15, 0.2) is 0 Å². The number of hydrogen-bond donors (Lipinski definition) is 2. The summed E-state index contributed by atoms with van der Waals surface area (Å²) in [7, 11) is 0. The second-order valence-corrected chi connectivity index (χ2v) is 4.81. The Bertz CT molecular complexity index is 405. The lowest BCUT2D eigenvalue weighted by Crippen LogP contribution is -2.18. The first kappa shape index (κ1) is 11.1. The van der Waals surface area contributed by atoms with Crippen molar-refractivity contribution in [3.8, 4) is 5.75 Å². The van der Waals surface area contributed by atoms with E-state index in [1.807, 2.05) is 11.8 Å². The Balaban J connectivity index is 2.21. The van der Waals surface area contributed by atoms with Crippen LogP contribution in [-0.4, -0.2) is 27.6 Å². The lowest BCUT2D eigenvalue weighted by Gasteiger charge is -2.12. The smallest absolute Gasteiger partial charge is 0.296 e. The zero-order valence-corrected chi connectivity index (χ0v) is 9.37. The van der Waals surface area contributed by atoms with Crippen molar-refractivity contribution in [1.29, 1.82) is 0 Å². The Morgan fingerprint density at radius 3 is 3.00 bits per heavy atom. The van der Waals surface area contributed by atoms with E-state index in [1.54, 1.807) is 6.07 Å². The number of phenolic OH excluding ortho intramolecular Hbond substituents is 1. The fourth-order valence-corrected chi connectivity index (χ4v) is 2.81. The average molecular weight is 240 g/mol. The SMILES string of the molecule is O=[N+]([O-])c1cc(O)ccc1NC1CCSC1. The first-order valence-corrected chi connectivity index (χ1v) is 6.14. The third kappa shape index (κ3) is 2.38. The van der Waals surface area contributed by atoms with E-state index >= 15 is 0 Å². The number of anilines is 1. The Morgan fingerprint density at radius 2 is 2.38 bits per heavy atom. The average Bonchev–Trinajstić information content (AvgIpc) is 2.73. The van der Waals surface area contributed by atoms with E-state index in [2.05, 4.69) is 5.32 Å². The van der Waals surface area contributed by atoms with Crippen LogP contribution in [0.5, 0.6) is 5.75 Å². The van der Waals surface area contributed by atoms with Crippen LogP contribution in [0.25, 0.3) is 0 Å². The van der Waals surface area contributed by atoms with Crippen LogP contribution in [0.1, 0.15) is 6.42 Å². The van der Waals surface area contributed by atoms with Gasteiger partial charge in [0.25, 0.3) is 5.69 Å². The van der Waals surface area contributed by atoms with E-state index in [0.29, 0.717) is 5.69 Å². The van der Waals surface area contributed by atoms with Gasteiger partial charge >= 0.3 is 0 Å². The van der Waals surface area contributed by atoms with Gasteiger partial charge in [0.2, 0.25) is 0 Å². The zero-order valence-electron chi connectivity index (χ0n) is 8.55. The van der Waals surface area contributed by atoms with Crippen molar-refractivity contribution in [3.63, 3.8) is 0 Å². The molecule has 86 valence electrons. The summed E-state index contributed by atoms with van der Waals surface area (Å²) in [6.45, 7) is 0. The minimum Gasteiger partial charge on any atom is -0.508 e. The molecule has 0 spiro atoms. The first-order chi connectivity index (χ1) is 7.66. The van der Waals surface area contributed by atoms with Crippen molar-refractivity contribution < 1.29 is 10.0 Å². The van der Waals surface area contributed by atoms with Crippen LogP contribution in [0.15, 0.2) is 18.2 Å². The van der Waals surface area contributed by atoms with Gasteiger partial charge in [-0.2, -0.15) is 11.8 Å². The zero-order chi connectivity index (χ0) is 11.5. The van der Waals surface area contributed by atoms with Crippen molar-refractivity contribution in [2.24, 2.45) is 0 Å². The molecule has 1 aliphatic rings. The van der Waals surface area contributed by atoms with Gasteiger partial charge in [-0.3, -0.25) is 10.1 Å². The topological polar surface area (TPSA) is 75.4 Å². The molecule has 0 aliphatic carbocycles. The summed E-state index contributed by atoms with van der Waals surface area (Å²) in [5.41, 5.74) is 0.409. The van der Waals surface area contributed by atoms with Gasteiger partial charge in [0.1, 0.15) is 11.4 Å². The predicted molar refractivity (Wildman–Crippen MR) is 64.1 cm³/mol. The van der Waals surface area contributed by atoms with Crippen LogP contribution in [0, 0.1) is 10.1 Å². The van der Waals surface area contributed by atoms with Crippen LogP contribution in [0.2, 0.25) is 0 Å². The summed E-state index contributed by atoms with van der Waals surface area (Å²) in [6, 6.07) is 4.46. The maximum atomic E-state index is 10.8. The first-order valence-electron chi connectivity index (χ1n) is 4.98. The van der Waals surface area contributed by atoms with E-state index in [9.17, 15) is 15.2 Å². The van der Waals surface area contributed by atoms with Crippen molar-refractivity contribution in [2.75, 3.05) is 16.8 Å². The standard InChI is InChI=1S/C10H12N2O3S/c13-8-1-2-9(10(5-8)12(14)15)11-7-3-4-16-6-7/h1-2,5,7,11,13H,3-4,6H2. The lowest BCUT2D eigenvalue weighted by molar-refractivity contribution is -0.384. The molecule has 1 atom stereocenters. The quantitative estimate of drug-likeness (QED) is 0.481. The molecule has 0 aromatic heterocycles. The Morgan fingerprint density at radius 1 is 1.56 bits per heavy atom. The van der Waals surface area contributed by atoms with Crippen LogP contribution < -0.4 is 5.32 Å². The lowest BCUT2D eigenvalue weighted by atomic mass is 10.2. The van der Waals surface area contributed by atoms with Crippen molar-refractivity contribution in [2.45, 2.75) is 12.5 Å². The molecule has 6 heteroatoms. The van der Waals surface area contributed by atoms with Gasteiger partial charge in [0.05, 0.1) is 11.0 Å². The van der Waals surface area contributed by atoms with Crippen molar-refractivity contribution in [1.82, 2.24) is 0 Å². The van der Waals surface area contributed by atoms with Crippen molar-refractivity contribution in [3.05, 3.63) is 28.3 Å². The molecule has 5 nitrogen and oxygen atoms in total. The molecule has 2 rings (SSSR count). The highest BCUT2D eigenvalue weighted by Gasteiger charge is 2.20. The molecule has 1 unspecified atom stereocenters. The van der Waals surface area contributed by atoms with Gasteiger partial charge in [-0.05, 0) is 24.3 Å². The van der Waals surface area contributed by atoms with E-state index in [0.717, 1.165) is 17.9 Å². The molecule has 0 amide bonds. The van der Waals surface area contributed by atoms with E-state index < -0.39 is 4.92 Å². The second-order valence-electron chi connectivity index (χ2n) is 3.66. The number of thioether (sulfide) groups is 1. The number of benzene rings is 1. The van der Waals surface area contributed by atoms with Crippen LogP contribution >= 0.6 is 11.8 Å². The minimum atomic E-state index is -0.482. The highest BCUT2D eigenvalue weighted by Crippen LogP contribution is 2.30. The minimum absolute atomic E-state index is 0.0723. The number of hydrogen-bond acceptors (Lipinski definition) is 5. The van der Waals surface area contributed by atoms with Gasteiger partial charge in [-0.25, -0.2) is 0 Å². The molecule has 1 aromatic rings. The van der Waals surface area contributed by atoms with E-state index in [4.69, 9.17) is 0 Å². The van der Waals surface area contributed by atoms with Crippen LogP contribution in [0.3, 0.4) is 0 Å². The summed E-state index contributed by atoms with van der Waals surface area (Å²) in [5.74, 6) is 1.97. The normalized spacial score (nSPS) is 19.6. The molecule has 1 heterocycles.